The quantitative estimate of drug-likeness (QED) is 0.777. The largest absolute Gasteiger partial charge is 0.490 e. The van der Waals surface area contributed by atoms with E-state index in [0.29, 0.717) is 44.8 Å². The number of rotatable bonds is 5. The molecule has 0 saturated carbocycles. The van der Waals surface area contributed by atoms with E-state index in [-0.39, 0.29) is 42.2 Å². The molecule has 2 heterocycles. The maximum atomic E-state index is 13.9. The van der Waals surface area contributed by atoms with E-state index in [1.165, 1.54) is 12.1 Å². The summed E-state index contributed by atoms with van der Waals surface area (Å²) in [4.78, 5) is 40.8. The molecule has 4 rings (SSSR count). The Morgan fingerprint density at radius 1 is 0.969 bits per heavy atom. The number of carbonyl (C=O) groups excluding carboxylic acids is 3. The molecule has 0 spiro atoms. The van der Waals surface area contributed by atoms with Crippen molar-refractivity contribution in [3.8, 4) is 5.75 Å². The molecule has 2 aliphatic rings. The van der Waals surface area contributed by atoms with Crippen LogP contribution in [0.15, 0.2) is 48.5 Å². The molecule has 3 amide bonds. The van der Waals surface area contributed by atoms with Crippen LogP contribution in [-0.2, 0) is 9.59 Å². The number of carbonyl (C=O) groups is 3. The number of nitrogens with zero attached hydrogens (tertiary/aromatic N) is 2. The molecule has 2 aliphatic heterocycles. The molecule has 1 saturated heterocycles. The number of likely N-dealkylation sites (tertiary alicyclic amines) is 1. The molecule has 1 N–H and O–H groups in total. The molecule has 0 radical (unpaired) electrons. The fourth-order valence-corrected chi connectivity index (χ4v) is 4.12. The van der Waals surface area contributed by atoms with Gasteiger partial charge >= 0.3 is 0 Å². The number of hydrogen-bond donors (Lipinski definition) is 1. The third-order valence-electron chi connectivity index (χ3n) is 5.85. The highest BCUT2D eigenvalue weighted by atomic mass is 19.1. The van der Waals surface area contributed by atoms with Crippen LogP contribution in [0.5, 0.6) is 5.75 Å². The predicted octanol–water partition coefficient (Wildman–Crippen LogP) is 2.75. The Bertz CT molecular complexity index is 1000. The Morgan fingerprint density at radius 2 is 1.69 bits per heavy atom. The van der Waals surface area contributed by atoms with Crippen LogP contribution in [-0.4, -0.2) is 54.9 Å². The van der Waals surface area contributed by atoms with Crippen molar-refractivity contribution in [2.24, 2.45) is 0 Å². The molecule has 2 aromatic carbocycles. The molecule has 1 fully saturated rings. The Morgan fingerprint density at radius 3 is 2.47 bits per heavy atom. The van der Waals surface area contributed by atoms with Gasteiger partial charge in [0.1, 0.15) is 18.2 Å². The minimum Gasteiger partial charge on any atom is -0.490 e. The van der Waals surface area contributed by atoms with Gasteiger partial charge in [0.05, 0.1) is 17.8 Å². The maximum Gasteiger partial charge on any atom is 0.256 e. The van der Waals surface area contributed by atoms with Crippen LogP contribution in [0.2, 0.25) is 0 Å². The maximum absolute atomic E-state index is 13.9. The first-order valence-electron chi connectivity index (χ1n) is 10.9. The standard InChI is InChI=1S/C24H26FN3O4/c25-19-6-2-1-5-18(19)24(31)27-13-11-17(12-14-27)26-22(29)9-10-23(30)28-15-16-32-21-8-4-3-7-20(21)28/h1-8,17H,9-16H2,(H,26,29). The van der Waals surface area contributed by atoms with Crippen LogP contribution in [0, 0.1) is 5.82 Å². The number of hydrogen-bond acceptors (Lipinski definition) is 4. The minimum atomic E-state index is -0.527. The average molecular weight is 439 g/mol. The van der Waals surface area contributed by atoms with Crippen molar-refractivity contribution >= 4 is 23.4 Å². The highest BCUT2D eigenvalue weighted by Gasteiger charge is 2.27. The lowest BCUT2D eigenvalue weighted by molar-refractivity contribution is -0.126. The molecule has 7 nitrogen and oxygen atoms in total. The number of nitrogens with one attached hydrogen (secondary N) is 1. The van der Waals surface area contributed by atoms with E-state index in [0.717, 1.165) is 5.69 Å². The second-order valence-corrected chi connectivity index (χ2v) is 7.98. The van der Waals surface area contributed by atoms with Crippen LogP contribution in [0.25, 0.3) is 0 Å². The monoisotopic (exact) mass is 439 g/mol. The van der Waals surface area contributed by atoms with Crippen LogP contribution >= 0.6 is 0 Å². The number of halogens is 1. The van der Waals surface area contributed by atoms with E-state index in [1.807, 2.05) is 24.3 Å². The zero-order valence-corrected chi connectivity index (χ0v) is 17.8. The van der Waals surface area contributed by atoms with Crippen molar-refractivity contribution in [3.63, 3.8) is 0 Å². The third kappa shape index (κ3) is 4.90. The number of amides is 3. The molecular formula is C24H26FN3O4. The van der Waals surface area contributed by atoms with Gasteiger partial charge < -0.3 is 19.9 Å². The summed E-state index contributed by atoms with van der Waals surface area (Å²) in [7, 11) is 0. The first-order chi connectivity index (χ1) is 15.5. The first kappa shape index (κ1) is 21.8. The van der Waals surface area contributed by atoms with E-state index in [1.54, 1.807) is 21.9 Å². The van der Waals surface area contributed by atoms with Gasteiger partial charge in [0, 0.05) is 32.0 Å². The normalized spacial score (nSPS) is 16.2. The van der Waals surface area contributed by atoms with Crippen molar-refractivity contribution in [2.45, 2.75) is 31.7 Å². The SMILES string of the molecule is O=C(CCC(=O)N1CCOc2ccccc21)NC1CCN(C(=O)c2ccccc2F)CC1. The van der Waals surface area contributed by atoms with Crippen molar-refractivity contribution in [2.75, 3.05) is 31.1 Å². The molecule has 0 aromatic heterocycles. The van der Waals surface area contributed by atoms with Crippen molar-refractivity contribution in [1.82, 2.24) is 10.2 Å². The molecule has 32 heavy (non-hydrogen) atoms. The van der Waals surface area contributed by atoms with E-state index >= 15 is 0 Å². The number of anilines is 1. The number of ether oxygens (including phenoxy) is 1. The summed E-state index contributed by atoms with van der Waals surface area (Å²) < 4.78 is 19.4. The number of benzene rings is 2. The van der Waals surface area contributed by atoms with Crippen molar-refractivity contribution in [1.29, 1.82) is 0 Å². The summed E-state index contributed by atoms with van der Waals surface area (Å²) in [6, 6.07) is 13.3. The summed E-state index contributed by atoms with van der Waals surface area (Å²) in [6.45, 7) is 1.79. The molecule has 0 unspecified atom stereocenters. The fourth-order valence-electron chi connectivity index (χ4n) is 4.12. The van der Waals surface area contributed by atoms with E-state index in [2.05, 4.69) is 5.32 Å². The van der Waals surface area contributed by atoms with Crippen LogP contribution in [0.1, 0.15) is 36.0 Å². The van der Waals surface area contributed by atoms with Crippen molar-refractivity contribution in [3.05, 3.63) is 59.9 Å². The molecule has 2 aromatic rings. The topological polar surface area (TPSA) is 79.0 Å². The van der Waals surface area contributed by atoms with Gasteiger partial charge in [-0.1, -0.05) is 24.3 Å². The second-order valence-electron chi connectivity index (χ2n) is 7.98. The van der Waals surface area contributed by atoms with Crippen LogP contribution in [0.4, 0.5) is 10.1 Å². The Kier molecular flexibility index (Phi) is 6.68. The zero-order valence-electron chi connectivity index (χ0n) is 17.8. The predicted molar refractivity (Wildman–Crippen MR) is 117 cm³/mol. The fraction of sp³-hybridized carbons (Fsp3) is 0.375. The van der Waals surface area contributed by atoms with Crippen LogP contribution in [0.3, 0.4) is 0 Å². The molecule has 0 atom stereocenters. The van der Waals surface area contributed by atoms with Gasteiger partial charge in [-0.25, -0.2) is 4.39 Å². The molecule has 168 valence electrons. The Hall–Kier alpha value is -3.42. The number of piperidine rings is 1. The van der Waals surface area contributed by atoms with Gasteiger partial charge in [-0.3, -0.25) is 14.4 Å². The first-order valence-corrected chi connectivity index (χ1v) is 10.9. The lowest BCUT2D eigenvalue weighted by atomic mass is 10.0. The van der Waals surface area contributed by atoms with Gasteiger partial charge in [-0.2, -0.15) is 0 Å². The van der Waals surface area contributed by atoms with Gasteiger partial charge in [-0.05, 0) is 37.1 Å². The van der Waals surface area contributed by atoms with E-state index < -0.39 is 5.82 Å². The summed E-state index contributed by atoms with van der Waals surface area (Å²) in [5.41, 5.74) is 0.800. The smallest absolute Gasteiger partial charge is 0.256 e. The number of para-hydroxylation sites is 2. The summed E-state index contributed by atoms with van der Waals surface area (Å²) >= 11 is 0. The third-order valence-corrected chi connectivity index (χ3v) is 5.85. The zero-order chi connectivity index (χ0) is 22.5. The van der Waals surface area contributed by atoms with Crippen molar-refractivity contribution < 1.29 is 23.5 Å². The molecule has 8 heteroatoms. The summed E-state index contributed by atoms with van der Waals surface area (Å²) in [5.74, 6) is -0.474. The van der Waals surface area contributed by atoms with Gasteiger partial charge in [-0.15, -0.1) is 0 Å². The molecular weight excluding hydrogens is 413 g/mol. The van der Waals surface area contributed by atoms with Crippen LogP contribution < -0.4 is 15.0 Å². The summed E-state index contributed by atoms with van der Waals surface area (Å²) in [6.07, 6.45) is 1.41. The summed E-state index contributed by atoms with van der Waals surface area (Å²) in [5, 5.41) is 2.96. The van der Waals surface area contributed by atoms with Gasteiger partial charge in [0.2, 0.25) is 11.8 Å². The lowest BCUT2D eigenvalue weighted by Crippen LogP contribution is -2.47. The average Bonchev–Trinajstić information content (AvgIpc) is 2.82. The highest BCUT2D eigenvalue weighted by Crippen LogP contribution is 2.31. The highest BCUT2D eigenvalue weighted by molar-refractivity contribution is 5.97. The number of fused-ring (bicyclic) bond motifs is 1. The Balaban J connectivity index is 1.22. The molecule has 0 bridgehead atoms. The lowest BCUT2D eigenvalue weighted by Gasteiger charge is -2.32. The minimum absolute atomic E-state index is 0.0635. The molecule has 0 aliphatic carbocycles. The Labute approximate surface area is 186 Å². The van der Waals surface area contributed by atoms with E-state index in [9.17, 15) is 18.8 Å². The second kappa shape index (κ2) is 9.80. The van der Waals surface area contributed by atoms with Gasteiger partial charge in [0.25, 0.3) is 5.91 Å². The van der Waals surface area contributed by atoms with Gasteiger partial charge in [0.15, 0.2) is 0 Å². The van der Waals surface area contributed by atoms with E-state index in [4.69, 9.17) is 4.74 Å².